The quantitative estimate of drug-likeness (QED) is 0.349. The fourth-order valence-corrected chi connectivity index (χ4v) is 2.49. The van der Waals surface area contributed by atoms with Crippen LogP contribution in [0.3, 0.4) is 0 Å². The summed E-state index contributed by atoms with van der Waals surface area (Å²) in [6.07, 6.45) is 5.81. The van der Waals surface area contributed by atoms with Gasteiger partial charge in [-0.25, -0.2) is 4.39 Å². The Balaban J connectivity index is 2.25. The first-order valence-corrected chi connectivity index (χ1v) is 8.17. The van der Waals surface area contributed by atoms with Crippen molar-refractivity contribution in [2.75, 3.05) is 0 Å². The second-order valence-corrected chi connectivity index (χ2v) is 5.86. The van der Waals surface area contributed by atoms with Crippen LogP contribution in [0.4, 0.5) is 4.39 Å². The lowest BCUT2D eigenvalue weighted by Crippen LogP contribution is -1.97. The van der Waals surface area contributed by atoms with Crippen LogP contribution < -0.4 is 0 Å². The zero-order valence-electron chi connectivity index (χ0n) is 13.8. The van der Waals surface area contributed by atoms with Gasteiger partial charge in [-0.3, -0.25) is 4.79 Å². The van der Waals surface area contributed by atoms with Crippen molar-refractivity contribution in [3.63, 3.8) is 0 Å². The summed E-state index contributed by atoms with van der Waals surface area (Å²) in [6, 6.07) is 14.0. The van der Waals surface area contributed by atoms with Crippen molar-refractivity contribution < 1.29 is 9.18 Å². The molecule has 1 nitrogen and oxygen atoms in total. The van der Waals surface area contributed by atoms with Crippen LogP contribution in [-0.4, -0.2) is 5.78 Å². The Labute approximate surface area is 137 Å². The van der Waals surface area contributed by atoms with E-state index in [4.69, 9.17) is 0 Å². The molecular formula is C21H23FO. The molecule has 0 aromatic heterocycles. The number of carbonyl (C=O) groups is 1. The number of hydrogen-bond donors (Lipinski definition) is 0. The highest BCUT2D eigenvalue weighted by Crippen LogP contribution is 2.23. The number of hydrogen-bond acceptors (Lipinski definition) is 1. The standard InChI is InChI=1S/C21H23FO/c1-3-4-5-6-19(17-11-13-20(22)14-12-17)15-21(23)18-9-7-16(2)8-10-18/h7-15H,3-6H2,1-2H3. The Morgan fingerprint density at radius 1 is 0.957 bits per heavy atom. The van der Waals surface area contributed by atoms with Crippen molar-refractivity contribution in [3.8, 4) is 0 Å². The molecule has 120 valence electrons. The Morgan fingerprint density at radius 2 is 1.57 bits per heavy atom. The van der Waals surface area contributed by atoms with Crippen LogP contribution in [-0.2, 0) is 0 Å². The van der Waals surface area contributed by atoms with Gasteiger partial charge in [-0.05, 0) is 49.1 Å². The number of allylic oxidation sites excluding steroid dienone is 2. The fourth-order valence-electron chi connectivity index (χ4n) is 2.49. The molecule has 23 heavy (non-hydrogen) atoms. The van der Waals surface area contributed by atoms with E-state index in [2.05, 4.69) is 6.92 Å². The highest BCUT2D eigenvalue weighted by atomic mass is 19.1. The summed E-state index contributed by atoms with van der Waals surface area (Å²) in [4.78, 5) is 12.5. The van der Waals surface area contributed by atoms with Gasteiger partial charge in [-0.2, -0.15) is 0 Å². The summed E-state index contributed by atoms with van der Waals surface area (Å²) in [6.45, 7) is 4.15. The second-order valence-electron chi connectivity index (χ2n) is 5.86. The third-order valence-electron chi connectivity index (χ3n) is 3.91. The van der Waals surface area contributed by atoms with Gasteiger partial charge in [-0.15, -0.1) is 0 Å². The summed E-state index contributed by atoms with van der Waals surface area (Å²) >= 11 is 0. The van der Waals surface area contributed by atoms with Gasteiger partial charge in [0.05, 0.1) is 0 Å². The van der Waals surface area contributed by atoms with Crippen LogP contribution >= 0.6 is 0 Å². The Kier molecular flexibility index (Phi) is 6.28. The molecule has 0 amide bonds. The Morgan fingerprint density at radius 3 is 2.17 bits per heavy atom. The zero-order chi connectivity index (χ0) is 16.7. The Hall–Kier alpha value is -2.22. The van der Waals surface area contributed by atoms with Crippen molar-refractivity contribution >= 4 is 11.4 Å². The van der Waals surface area contributed by atoms with E-state index in [0.717, 1.165) is 42.4 Å². The lowest BCUT2D eigenvalue weighted by Gasteiger charge is -2.08. The number of halogens is 1. The predicted octanol–water partition coefficient (Wildman–Crippen LogP) is 5.98. The van der Waals surface area contributed by atoms with Gasteiger partial charge in [0.2, 0.25) is 0 Å². The maximum Gasteiger partial charge on any atom is 0.186 e. The molecule has 0 aliphatic heterocycles. The van der Waals surface area contributed by atoms with E-state index in [9.17, 15) is 9.18 Å². The molecule has 0 N–H and O–H groups in total. The van der Waals surface area contributed by atoms with Crippen molar-refractivity contribution in [2.24, 2.45) is 0 Å². The topological polar surface area (TPSA) is 17.1 Å². The van der Waals surface area contributed by atoms with E-state index in [0.29, 0.717) is 5.56 Å². The van der Waals surface area contributed by atoms with E-state index in [1.54, 1.807) is 18.2 Å². The SMILES string of the molecule is CCCCCC(=CC(=O)c1ccc(C)cc1)c1ccc(F)cc1. The molecule has 0 heterocycles. The van der Waals surface area contributed by atoms with Crippen molar-refractivity contribution in [2.45, 2.75) is 39.5 Å². The number of carbonyl (C=O) groups excluding carboxylic acids is 1. The van der Waals surface area contributed by atoms with Crippen molar-refractivity contribution in [1.82, 2.24) is 0 Å². The highest BCUT2D eigenvalue weighted by Gasteiger charge is 2.08. The largest absolute Gasteiger partial charge is 0.289 e. The van der Waals surface area contributed by atoms with Crippen molar-refractivity contribution in [1.29, 1.82) is 0 Å². The zero-order valence-corrected chi connectivity index (χ0v) is 13.8. The summed E-state index contributed by atoms with van der Waals surface area (Å²) in [7, 11) is 0. The molecule has 2 heteroatoms. The average molecular weight is 310 g/mol. The first kappa shape index (κ1) is 17.1. The molecule has 2 rings (SSSR count). The molecule has 0 unspecified atom stereocenters. The van der Waals surface area contributed by atoms with Gasteiger partial charge in [0.1, 0.15) is 5.82 Å². The van der Waals surface area contributed by atoms with E-state index < -0.39 is 0 Å². The van der Waals surface area contributed by atoms with Gasteiger partial charge in [0, 0.05) is 5.56 Å². The smallest absolute Gasteiger partial charge is 0.186 e. The first-order valence-electron chi connectivity index (χ1n) is 8.17. The van der Waals surface area contributed by atoms with Crippen LogP contribution in [0.2, 0.25) is 0 Å². The minimum Gasteiger partial charge on any atom is -0.289 e. The molecule has 0 radical (unpaired) electrons. The minimum atomic E-state index is -0.258. The molecule has 0 bridgehead atoms. The highest BCUT2D eigenvalue weighted by molar-refractivity contribution is 6.08. The average Bonchev–Trinajstić information content (AvgIpc) is 2.55. The van der Waals surface area contributed by atoms with Crippen LogP contribution in [0, 0.1) is 12.7 Å². The lowest BCUT2D eigenvalue weighted by molar-refractivity contribution is 0.104. The van der Waals surface area contributed by atoms with E-state index in [1.807, 2.05) is 31.2 Å². The van der Waals surface area contributed by atoms with Gasteiger partial charge >= 0.3 is 0 Å². The second kappa shape index (κ2) is 8.42. The lowest BCUT2D eigenvalue weighted by atomic mass is 9.96. The fraction of sp³-hybridized carbons (Fsp3) is 0.286. The normalized spacial score (nSPS) is 11.5. The third-order valence-corrected chi connectivity index (χ3v) is 3.91. The Bertz CT molecular complexity index is 666. The number of ketones is 1. The molecule has 0 saturated carbocycles. The molecule has 0 aliphatic rings. The van der Waals surface area contributed by atoms with E-state index >= 15 is 0 Å². The number of unbranched alkanes of at least 4 members (excludes halogenated alkanes) is 2. The molecule has 0 aliphatic carbocycles. The molecule has 2 aromatic carbocycles. The summed E-state index contributed by atoms with van der Waals surface area (Å²) in [5.41, 5.74) is 3.71. The molecule has 0 spiro atoms. The van der Waals surface area contributed by atoms with E-state index in [1.165, 1.54) is 12.1 Å². The van der Waals surface area contributed by atoms with Crippen LogP contribution in [0.1, 0.15) is 54.1 Å². The number of aryl methyl sites for hydroxylation is 1. The van der Waals surface area contributed by atoms with Crippen LogP contribution in [0.5, 0.6) is 0 Å². The van der Waals surface area contributed by atoms with Crippen LogP contribution in [0.25, 0.3) is 5.57 Å². The van der Waals surface area contributed by atoms with Gasteiger partial charge in [0.15, 0.2) is 5.78 Å². The van der Waals surface area contributed by atoms with E-state index in [-0.39, 0.29) is 11.6 Å². The monoisotopic (exact) mass is 310 g/mol. The summed E-state index contributed by atoms with van der Waals surface area (Å²) in [5, 5.41) is 0. The summed E-state index contributed by atoms with van der Waals surface area (Å²) < 4.78 is 13.1. The molecule has 0 atom stereocenters. The number of benzene rings is 2. The maximum absolute atomic E-state index is 13.1. The van der Waals surface area contributed by atoms with Crippen LogP contribution in [0.15, 0.2) is 54.6 Å². The minimum absolute atomic E-state index is 0.000762. The van der Waals surface area contributed by atoms with Gasteiger partial charge in [0.25, 0.3) is 0 Å². The molecule has 2 aromatic rings. The molecular weight excluding hydrogens is 287 g/mol. The van der Waals surface area contributed by atoms with Gasteiger partial charge in [-0.1, -0.05) is 61.7 Å². The third kappa shape index (κ3) is 5.17. The number of rotatable bonds is 7. The van der Waals surface area contributed by atoms with Gasteiger partial charge < -0.3 is 0 Å². The molecule has 0 fully saturated rings. The summed E-state index contributed by atoms with van der Waals surface area (Å²) in [5.74, 6) is -0.257. The first-order chi connectivity index (χ1) is 11.1. The maximum atomic E-state index is 13.1. The molecule has 0 saturated heterocycles. The van der Waals surface area contributed by atoms with Crippen molar-refractivity contribution in [3.05, 3.63) is 77.1 Å². The predicted molar refractivity (Wildman–Crippen MR) is 94.0 cm³/mol.